The van der Waals surface area contributed by atoms with Crippen molar-refractivity contribution in [2.24, 2.45) is 11.7 Å². The van der Waals surface area contributed by atoms with Crippen molar-refractivity contribution < 1.29 is 0 Å². The van der Waals surface area contributed by atoms with E-state index in [0.29, 0.717) is 17.3 Å². The first-order chi connectivity index (χ1) is 7.13. The molecule has 82 valence electrons. The van der Waals surface area contributed by atoms with Gasteiger partial charge in [-0.1, -0.05) is 6.92 Å². The van der Waals surface area contributed by atoms with Crippen LogP contribution in [0.3, 0.4) is 0 Å². The number of nitrogens with one attached hydrogen (secondary N) is 1. The normalized spacial score (nSPS) is 17.8. The molecule has 0 aromatic carbocycles. The Balaban J connectivity index is 2.39. The molecule has 2 rings (SSSR count). The van der Waals surface area contributed by atoms with Gasteiger partial charge in [0.1, 0.15) is 5.82 Å². The third kappa shape index (κ3) is 1.95. The Kier molecular flexibility index (Phi) is 2.61. The third-order valence-electron chi connectivity index (χ3n) is 3.05. The van der Waals surface area contributed by atoms with Gasteiger partial charge in [-0.25, -0.2) is 4.98 Å². The van der Waals surface area contributed by atoms with Crippen LogP contribution in [0.4, 0.5) is 0 Å². The lowest BCUT2D eigenvalue weighted by Gasteiger charge is -2.11. The van der Waals surface area contributed by atoms with Gasteiger partial charge in [-0.15, -0.1) is 0 Å². The van der Waals surface area contributed by atoms with Gasteiger partial charge in [-0.05, 0) is 32.1 Å². The first kappa shape index (κ1) is 10.4. The van der Waals surface area contributed by atoms with Crippen LogP contribution in [0.25, 0.3) is 0 Å². The SMILES string of the molecule is CCc1nc(C(N)C2CC2)[nH]c(=O)c1C. The number of hydrogen-bond donors (Lipinski definition) is 2. The van der Waals surface area contributed by atoms with Crippen molar-refractivity contribution in [2.75, 3.05) is 0 Å². The Hall–Kier alpha value is -1.16. The lowest BCUT2D eigenvalue weighted by molar-refractivity contribution is 0.585. The van der Waals surface area contributed by atoms with E-state index in [1.165, 1.54) is 0 Å². The number of aromatic amines is 1. The van der Waals surface area contributed by atoms with E-state index in [2.05, 4.69) is 9.97 Å². The van der Waals surface area contributed by atoms with Crippen molar-refractivity contribution >= 4 is 0 Å². The Bertz CT molecular complexity index is 420. The van der Waals surface area contributed by atoms with Crippen LogP contribution in [-0.4, -0.2) is 9.97 Å². The highest BCUT2D eigenvalue weighted by Gasteiger charge is 2.31. The standard InChI is InChI=1S/C11H17N3O/c1-3-8-6(2)11(15)14-10(13-8)9(12)7-4-5-7/h7,9H,3-5,12H2,1-2H3,(H,13,14,15). The summed E-state index contributed by atoms with van der Waals surface area (Å²) in [7, 11) is 0. The lowest BCUT2D eigenvalue weighted by atomic mass is 10.1. The maximum atomic E-state index is 11.6. The van der Waals surface area contributed by atoms with Gasteiger partial charge < -0.3 is 10.7 Å². The molecule has 0 amide bonds. The van der Waals surface area contributed by atoms with E-state index in [1.54, 1.807) is 6.92 Å². The van der Waals surface area contributed by atoms with E-state index in [9.17, 15) is 4.79 Å². The predicted molar refractivity (Wildman–Crippen MR) is 58.6 cm³/mol. The summed E-state index contributed by atoms with van der Waals surface area (Å²) in [5.41, 5.74) is 7.54. The van der Waals surface area contributed by atoms with Crippen molar-refractivity contribution in [1.82, 2.24) is 9.97 Å². The zero-order valence-electron chi connectivity index (χ0n) is 9.21. The number of nitrogens with two attached hydrogens (primary N) is 1. The topological polar surface area (TPSA) is 71.8 Å². The van der Waals surface area contributed by atoms with Crippen LogP contribution in [0, 0.1) is 12.8 Å². The maximum absolute atomic E-state index is 11.6. The molecular weight excluding hydrogens is 190 g/mol. The summed E-state index contributed by atoms with van der Waals surface area (Å²) >= 11 is 0. The van der Waals surface area contributed by atoms with Crippen LogP contribution in [0.1, 0.15) is 42.9 Å². The van der Waals surface area contributed by atoms with Gasteiger partial charge in [0.05, 0.1) is 11.7 Å². The summed E-state index contributed by atoms with van der Waals surface area (Å²) in [6.07, 6.45) is 3.08. The van der Waals surface area contributed by atoms with E-state index in [4.69, 9.17) is 5.73 Å². The van der Waals surface area contributed by atoms with Crippen molar-refractivity contribution in [1.29, 1.82) is 0 Å². The Morgan fingerprint density at radius 3 is 2.80 bits per heavy atom. The van der Waals surface area contributed by atoms with Crippen molar-refractivity contribution in [3.63, 3.8) is 0 Å². The third-order valence-corrected chi connectivity index (χ3v) is 3.05. The molecule has 1 fully saturated rings. The molecule has 0 saturated heterocycles. The molecule has 0 spiro atoms. The number of rotatable bonds is 3. The second kappa shape index (κ2) is 3.77. The Morgan fingerprint density at radius 1 is 1.60 bits per heavy atom. The summed E-state index contributed by atoms with van der Waals surface area (Å²) in [5.74, 6) is 1.17. The molecule has 0 bridgehead atoms. The molecule has 1 saturated carbocycles. The van der Waals surface area contributed by atoms with Gasteiger partial charge >= 0.3 is 0 Å². The van der Waals surface area contributed by atoms with Crippen molar-refractivity contribution in [2.45, 2.75) is 39.2 Å². The summed E-state index contributed by atoms with van der Waals surface area (Å²) in [4.78, 5) is 18.8. The van der Waals surface area contributed by atoms with Crippen LogP contribution >= 0.6 is 0 Å². The molecule has 15 heavy (non-hydrogen) atoms. The largest absolute Gasteiger partial charge is 0.321 e. The van der Waals surface area contributed by atoms with Gasteiger partial charge in [0.2, 0.25) is 0 Å². The maximum Gasteiger partial charge on any atom is 0.254 e. The Morgan fingerprint density at radius 2 is 2.27 bits per heavy atom. The molecule has 1 aromatic rings. The van der Waals surface area contributed by atoms with Gasteiger partial charge in [-0.2, -0.15) is 0 Å². The summed E-state index contributed by atoms with van der Waals surface area (Å²) in [6.45, 7) is 3.80. The van der Waals surface area contributed by atoms with Crippen LogP contribution in [0.2, 0.25) is 0 Å². The van der Waals surface area contributed by atoms with Crippen LogP contribution in [-0.2, 0) is 6.42 Å². The molecule has 1 aromatic heterocycles. The minimum absolute atomic E-state index is 0.0482. The second-order valence-electron chi connectivity index (χ2n) is 4.24. The minimum atomic E-state index is -0.0939. The first-order valence-electron chi connectivity index (χ1n) is 5.48. The van der Waals surface area contributed by atoms with Crippen molar-refractivity contribution in [3.05, 3.63) is 27.4 Å². The number of aryl methyl sites for hydroxylation is 1. The number of aromatic nitrogens is 2. The monoisotopic (exact) mass is 207 g/mol. The molecule has 1 heterocycles. The molecule has 0 radical (unpaired) electrons. The zero-order chi connectivity index (χ0) is 11.0. The van der Waals surface area contributed by atoms with E-state index in [-0.39, 0.29) is 11.6 Å². The Labute approximate surface area is 88.9 Å². The summed E-state index contributed by atoms with van der Waals surface area (Å²) in [6, 6.07) is -0.0939. The lowest BCUT2D eigenvalue weighted by Crippen LogP contribution is -2.24. The highest BCUT2D eigenvalue weighted by Crippen LogP contribution is 2.38. The predicted octanol–water partition coefficient (Wildman–Crippen LogP) is 1.05. The molecular formula is C11H17N3O. The molecule has 1 aliphatic rings. The molecule has 1 aliphatic carbocycles. The van der Waals surface area contributed by atoms with Crippen molar-refractivity contribution in [3.8, 4) is 0 Å². The van der Waals surface area contributed by atoms with Gasteiger partial charge in [0.25, 0.3) is 5.56 Å². The quantitative estimate of drug-likeness (QED) is 0.778. The fourth-order valence-electron chi connectivity index (χ4n) is 1.78. The summed E-state index contributed by atoms with van der Waals surface area (Å²) < 4.78 is 0. The van der Waals surface area contributed by atoms with E-state index in [1.807, 2.05) is 6.92 Å². The molecule has 0 aliphatic heterocycles. The smallest absolute Gasteiger partial charge is 0.254 e. The highest BCUT2D eigenvalue weighted by atomic mass is 16.1. The average Bonchev–Trinajstić information content (AvgIpc) is 3.04. The molecule has 4 heteroatoms. The number of nitrogens with zero attached hydrogens (tertiary/aromatic N) is 1. The van der Waals surface area contributed by atoms with Crippen LogP contribution in [0.5, 0.6) is 0 Å². The first-order valence-corrected chi connectivity index (χ1v) is 5.48. The average molecular weight is 207 g/mol. The van der Waals surface area contributed by atoms with Gasteiger partial charge in [0, 0.05) is 5.56 Å². The van der Waals surface area contributed by atoms with Crippen LogP contribution in [0.15, 0.2) is 4.79 Å². The molecule has 1 unspecified atom stereocenters. The van der Waals surface area contributed by atoms with Crippen LogP contribution < -0.4 is 11.3 Å². The van der Waals surface area contributed by atoms with Gasteiger partial charge in [-0.3, -0.25) is 4.79 Å². The number of hydrogen-bond acceptors (Lipinski definition) is 3. The fraction of sp³-hybridized carbons (Fsp3) is 0.636. The van der Waals surface area contributed by atoms with Gasteiger partial charge in [0.15, 0.2) is 0 Å². The summed E-state index contributed by atoms with van der Waals surface area (Å²) in [5, 5.41) is 0. The molecule has 4 nitrogen and oxygen atoms in total. The molecule has 1 atom stereocenters. The number of H-pyrrole nitrogens is 1. The second-order valence-corrected chi connectivity index (χ2v) is 4.24. The molecule has 3 N–H and O–H groups in total. The minimum Gasteiger partial charge on any atom is -0.321 e. The van der Waals surface area contributed by atoms with E-state index < -0.39 is 0 Å². The fourth-order valence-corrected chi connectivity index (χ4v) is 1.78. The van der Waals surface area contributed by atoms with E-state index >= 15 is 0 Å². The zero-order valence-corrected chi connectivity index (χ0v) is 9.21. The highest BCUT2D eigenvalue weighted by molar-refractivity contribution is 5.17. The van der Waals surface area contributed by atoms with E-state index in [0.717, 1.165) is 25.0 Å².